The number of rotatable bonds is 32. The van der Waals surface area contributed by atoms with Crippen LogP contribution in [0.5, 0.6) is 0 Å². The molecule has 20 nitrogen and oxygen atoms in total. The van der Waals surface area contributed by atoms with E-state index in [-0.39, 0.29) is 73.8 Å². The van der Waals surface area contributed by atoms with Gasteiger partial charge in [0, 0.05) is 49.1 Å². The number of nitrogens with zero attached hydrogens (tertiary/aromatic N) is 2. The van der Waals surface area contributed by atoms with Gasteiger partial charge < -0.3 is 51.2 Å². The molecule has 5 rings (SSSR count). The first-order chi connectivity index (χ1) is 39.5. The molecule has 0 spiro atoms. The Bertz CT molecular complexity index is 2440. The van der Waals surface area contributed by atoms with Crippen molar-refractivity contribution in [3.63, 3.8) is 0 Å². The molecule has 0 heterocycles. The molecule has 2 aliphatic rings. The van der Waals surface area contributed by atoms with Gasteiger partial charge >= 0.3 is 11.9 Å². The van der Waals surface area contributed by atoms with Crippen molar-refractivity contribution in [2.75, 3.05) is 66.6 Å². The zero-order valence-corrected chi connectivity index (χ0v) is 47.2. The van der Waals surface area contributed by atoms with Gasteiger partial charge in [0.05, 0.1) is 14.2 Å². The molecule has 446 valence electrons. The van der Waals surface area contributed by atoms with E-state index in [9.17, 15) is 56.7 Å². The standard InChI is InChI=1S/C60H80F2N8O12/c1-81-59(79)49(67-55(75)43-14-5-3-6-15-43)20-9-11-32-63-51(71)37-69(39-53(73)65-34-30-41-22-26-47(61)27-23-41)57(77)45-18-13-19-46(36-45)58(78)70(40-54(74)66-35-31-42-24-28-48(62)29-25-42)38-52(72)64-33-12-10-21-50(60(80)82-2)68-56(76)44-16-7-4-8-17-44/h13,18-19,22-29,36,43-44,49-50H,3-12,14-17,20-21,30-35,37-40H2,1-2H3,(H,63,71)(H,64,72)(H,65,73)(H,66,74)(H,67,75)(H,68,76)/t49-,50-/m0/s1. The van der Waals surface area contributed by atoms with E-state index in [4.69, 9.17) is 9.47 Å². The van der Waals surface area contributed by atoms with Crippen LogP contribution >= 0.6 is 0 Å². The summed E-state index contributed by atoms with van der Waals surface area (Å²) in [6.07, 6.45) is 11.7. The van der Waals surface area contributed by atoms with E-state index in [1.165, 1.54) is 62.8 Å². The van der Waals surface area contributed by atoms with Gasteiger partial charge in [-0.15, -0.1) is 0 Å². The lowest BCUT2D eigenvalue weighted by atomic mass is 9.88. The number of hydrogen-bond acceptors (Lipinski definition) is 12. The van der Waals surface area contributed by atoms with Crippen LogP contribution in [0.4, 0.5) is 8.78 Å². The molecular formula is C60H80F2N8O12. The Hall–Kier alpha value is -7.78. The van der Waals surface area contributed by atoms with E-state index in [1.807, 2.05) is 0 Å². The van der Waals surface area contributed by atoms with Crippen molar-refractivity contribution in [2.45, 2.75) is 128 Å². The summed E-state index contributed by atoms with van der Waals surface area (Å²) >= 11 is 0. The Morgan fingerprint density at radius 3 is 1.16 bits per heavy atom. The van der Waals surface area contributed by atoms with Crippen molar-refractivity contribution in [2.24, 2.45) is 11.8 Å². The quantitative estimate of drug-likeness (QED) is 0.0370. The Kier molecular flexibility index (Phi) is 27.9. The van der Waals surface area contributed by atoms with Crippen molar-refractivity contribution in [1.29, 1.82) is 0 Å². The highest BCUT2D eigenvalue weighted by atomic mass is 19.1. The predicted octanol–water partition coefficient (Wildman–Crippen LogP) is 4.62. The van der Waals surface area contributed by atoms with E-state index in [1.54, 1.807) is 24.3 Å². The Balaban J connectivity index is 1.24. The van der Waals surface area contributed by atoms with Crippen molar-refractivity contribution >= 4 is 59.2 Å². The van der Waals surface area contributed by atoms with Crippen LogP contribution in [-0.2, 0) is 60.7 Å². The molecule has 0 radical (unpaired) electrons. The van der Waals surface area contributed by atoms with Gasteiger partial charge in [-0.3, -0.25) is 38.4 Å². The van der Waals surface area contributed by atoms with Gasteiger partial charge in [-0.2, -0.15) is 0 Å². The maximum Gasteiger partial charge on any atom is 0.328 e. The number of nitrogens with one attached hydrogen (secondary N) is 6. The topological polar surface area (TPSA) is 268 Å². The van der Waals surface area contributed by atoms with Gasteiger partial charge in [0.25, 0.3) is 11.8 Å². The smallest absolute Gasteiger partial charge is 0.328 e. The molecule has 6 N–H and O–H groups in total. The first-order valence-corrected chi connectivity index (χ1v) is 28.5. The first kappa shape index (κ1) is 65.0. The minimum absolute atomic E-state index is 0.102. The van der Waals surface area contributed by atoms with Gasteiger partial charge in [-0.05, 0) is 131 Å². The largest absolute Gasteiger partial charge is 0.467 e. The number of benzene rings is 3. The van der Waals surface area contributed by atoms with Crippen molar-refractivity contribution < 1.29 is 66.2 Å². The highest BCUT2D eigenvalue weighted by molar-refractivity contribution is 6.03. The van der Waals surface area contributed by atoms with Crippen molar-refractivity contribution in [1.82, 2.24) is 41.7 Å². The Morgan fingerprint density at radius 1 is 0.476 bits per heavy atom. The van der Waals surface area contributed by atoms with Gasteiger partial charge in [0.15, 0.2) is 0 Å². The van der Waals surface area contributed by atoms with Gasteiger partial charge in [-0.25, -0.2) is 18.4 Å². The molecule has 82 heavy (non-hydrogen) atoms. The minimum atomic E-state index is -0.864. The number of methoxy groups -OCH3 is 2. The van der Waals surface area contributed by atoms with E-state index in [0.717, 1.165) is 85.1 Å². The molecule has 0 aromatic heterocycles. The Labute approximate surface area is 478 Å². The molecule has 3 aromatic rings. The van der Waals surface area contributed by atoms with Gasteiger partial charge in [0.1, 0.15) is 49.9 Å². The van der Waals surface area contributed by atoms with E-state index >= 15 is 0 Å². The fourth-order valence-corrected chi connectivity index (χ4v) is 9.95. The molecule has 0 unspecified atom stereocenters. The number of carbonyl (C=O) groups excluding carboxylic acids is 10. The molecular weight excluding hydrogens is 1060 g/mol. The normalized spacial score (nSPS) is 14.2. The van der Waals surface area contributed by atoms with E-state index in [0.29, 0.717) is 38.5 Å². The summed E-state index contributed by atoms with van der Waals surface area (Å²) in [5.41, 5.74) is 1.28. The second kappa shape index (κ2) is 35.2. The van der Waals surface area contributed by atoms with Gasteiger partial charge in [0.2, 0.25) is 35.4 Å². The molecule has 2 saturated carbocycles. The summed E-state index contributed by atoms with van der Waals surface area (Å²) < 4.78 is 36.9. The van der Waals surface area contributed by atoms with Gasteiger partial charge in [-0.1, -0.05) is 68.9 Å². The second-order valence-electron chi connectivity index (χ2n) is 20.9. The molecule has 8 amide bonds. The zero-order chi connectivity index (χ0) is 59.2. The number of ether oxygens (including phenoxy) is 2. The fraction of sp³-hybridized carbons (Fsp3) is 0.533. The van der Waals surface area contributed by atoms with Crippen LogP contribution in [0.1, 0.15) is 135 Å². The maximum atomic E-state index is 14.4. The van der Waals surface area contributed by atoms with Crippen LogP contribution in [0.3, 0.4) is 0 Å². The molecule has 0 saturated heterocycles. The molecule has 2 aliphatic carbocycles. The van der Waals surface area contributed by atoms with Crippen molar-refractivity contribution in [3.05, 3.63) is 107 Å². The highest BCUT2D eigenvalue weighted by Crippen LogP contribution is 2.25. The number of carbonyl (C=O) groups is 10. The number of amides is 8. The number of unbranched alkanes of at least 4 members (excludes halogenated alkanes) is 2. The average molecular weight is 1140 g/mol. The van der Waals surface area contributed by atoms with Crippen LogP contribution in [0, 0.1) is 23.5 Å². The lowest BCUT2D eigenvalue weighted by molar-refractivity contribution is -0.146. The number of hydrogen-bond donors (Lipinski definition) is 6. The third-order valence-corrected chi connectivity index (χ3v) is 14.6. The summed E-state index contributed by atoms with van der Waals surface area (Å²) in [7, 11) is 2.49. The molecule has 0 bridgehead atoms. The maximum absolute atomic E-state index is 14.4. The van der Waals surface area contributed by atoms with Crippen LogP contribution < -0.4 is 31.9 Å². The monoisotopic (exact) mass is 1140 g/mol. The summed E-state index contributed by atoms with van der Waals surface area (Å²) in [4.78, 5) is 136. The first-order valence-electron chi connectivity index (χ1n) is 28.5. The van der Waals surface area contributed by atoms with Crippen LogP contribution in [0.25, 0.3) is 0 Å². The number of halogens is 2. The molecule has 2 fully saturated rings. The van der Waals surface area contributed by atoms with Crippen LogP contribution in [-0.4, -0.2) is 148 Å². The highest BCUT2D eigenvalue weighted by Gasteiger charge is 2.30. The van der Waals surface area contributed by atoms with E-state index < -0.39 is 97.3 Å². The van der Waals surface area contributed by atoms with Crippen molar-refractivity contribution in [3.8, 4) is 0 Å². The molecule has 2 atom stereocenters. The average Bonchev–Trinajstić information content (AvgIpc) is 3.63. The summed E-state index contributed by atoms with van der Waals surface area (Å²) in [6.45, 7) is -1.86. The Morgan fingerprint density at radius 2 is 0.817 bits per heavy atom. The predicted molar refractivity (Wildman–Crippen MR) is 299 cm³/mol. The lowest BCUT2D eigenvalue weighted by Crippen LogP contribution is -2.47. The number of esters is 2. The second-order valence-corrected chi connectivity index (χ2v) is 20.9. The molecule has 22 heteroatoms. The third-order valence-electron chi connectivity index (χ3n) is 14.6. The SMILES string of the molecule is COC(=O)[C@H](CCCCNC(=O)CN(CC(=O)NCCc1ccc(F)cc1)C(=O)c1cccc(C(=O)N(CC(=O)NCCCC[C@H](NC(=O)C2CCCCC2)C(=O)OC)CC(=O)NCCc2ccc(F)cc2)c1)NC(=O)C1CCCCC1. The third kappa shape index (κ3) is 23.0. The van der Waals surface area contributed by atoms with E-state index in [2.05, 4.69) is 31.9 Å². The summed E-state index contributed by atoms with van der Waals surface area (Å²) in [5.74, 6) is -6.79. The van der Waals surface area contributed by atoms with Crippen LogP contribution in [0.2, 0.25) is 0 Å². The van der Waals surface area contributed by atoms with Crippen LogP contribution in [0.15, 0.2) is 72.8 Å². The molecule has 3 aromatic carbocycles. The fourth-order valence-electron chi connectivity index (χ4n) is 9.95. The lowest BCUT2D eigenvalue weighted by Gasteiger charge is -2.24. The minimum Gasteiger partial charge on any atom is -0.467 e. The molecule has 0 aliphatic heterocycles. The zero-order valence-electron chi connectivity index (χ0n) is 47.2. The summed E-state index contributed by atoms with van der Waals surface area (Å²) in [6, 6.07) is 15.1. The summed E-state index contributed by atoms with van der Waals surface area (Å²) in [5, 5.41) is 16.6.